The highest BCUT2D eigenvalue weighted by Crippen LogP contribution is 2.60. The lowest BCUT2D eigenvalue weighted by Crippen LogP contribution is -2.26. The number of nitrogens with two attached hydrogens (primary N) is 1. The summed E-state index contributed by atoms with van der Waals surface area (Å²) in [5, 5.41) is 11.4. The van der Waals surface area contributed by atoms with Crippen LogP contribution in [0.5, 0.6) is 0 Å². The molecule has 1 aliphatic carbocycles. The Kier molecular flexibility index (Phi) is 3.01. The Labute approximate surface area is 111 Å². The summed E-state index contributed by atoms with van der Waals surface area (Å²) in [5.74, 6) is -0.0253. The molecule has 3 nitrogen and oxygen atoms in total. The Morgan fingerprint density at radius 3 is 2.24 bits per heavy atom. The van der Waals surface area contributed by atoms with Gasteiger partial charge < -0.3 is 10.9 Å². The van der Waals surface area contributed by atoms with Crippen LogP contribution in [0.3, 0.4) is 0 Å². The normalized spacial score (nSPS) is 19.1. The van der Waals surface area contributed by atoms with E-state index in [1.54, 1.807) is 24.3 Å². The number of amidine groups is 1. The lowest BCUT2D eigenvalue weighted by Gasteiger charge is -2.21. The van der Waals surface area contributed by atoms with Crippen LogP contribution in [0.2, 0.25) is 0 Å². The van der Waals surface area contributed by atoms with Crippen LogP contribution in [0.4, 0.5) is 8.78 Å². The standard InChI is InChI=1S/C11H11F2IN2O/c12-11(13,14)10(5-6-10)8-3-1-7(2-4-8)9(15)16-17/h1-4,17H,5-6H2,(H2,15,16). The van der Waals surface area contributed by atoms with Gasteiger partial charge in [-0.15, -0.1) is 0 Å². The van der Waals surface area contributed by atoms with Crippen LogP contribution in [0.1, 0.15) is 24.0 Å². The lowest BCUT2D eigenvalue weighted by molar-refractivity contribution is 0.0811. The molecule has 2 rings (SSSR count). The zero-order valence-electron chi connectivity index (χ0n) is 8.83. The van der Waals surface area contributed by atoms with Gasteiger partial charge in [0, 0.05) is 5.56 Å². The molecule has 1 aromatic rings. The molecule has 92 valence electrons. The Bertz CT molecular complexity index is 450. The van der Waals surface area contributed by atoms with Crippen molar-refractivity contribution in [3.63, 3.8) is 0 Å². The predicted molar refractivity (Wildman–Crippen MR) is 68.8 cm³/mol. The molecule has 0 amide bonds. The largest absolute Gasteiger partial charge is 0.409 e. The van der Waals surface area contributed by atoms with E-state index in [2.05, 4.69) is 5.16 Å². The topological polar surface area (TPSA) is 58.6 Å². The van der Waals surface area contributed by atoms with E-state index in [9.17, 15) is 8.78 Å². The Morgan fingerprint density at radius 1 is 1.35 bits per heavy atom. The zero-order chi connectivity index (χ0) is 12.7. The molecule has 1 aliphatic rings. The first-order chi connectivity index (χ1) is 7.90. The van der Waals surface area contributed by atoms with Crippen molar-refractivity contribution in [1.29, 1.82) is 0 Å². The van der Waals surface area contributed by atoms with Crippen LogP contribution >= 0.6 is 22.6 Å². The SMILES string of the molecule is N/C(=N\O)c1ccc(C2(C(F)(F)I)CC2)cc1. The molecule has 17 heavy (non-hydrogen) atoms. The van der Waals surface area contributed by atoms with Gasteiger partial charge in [-0.3, -0.25) is 0 Å². The third-order valence-corrected chi connectivity index (χ3v) is 4.17. The molecule has 6 heteroatoms. The van der Waals surface area contributed by atoms with Crippen LogP contribution < -0.4 is 5.73 Å². The van der Waals surface area contributed by atoms with E-state index >= 15 is 0 Å². The van der Waals surface area contributed by atoms with Crippen LogP contribution in [-0.2, 0) is 5.41 Å². The van der Waals surface area contributed by atoms with Crippen LogP contribution in [0, 0.1) is 0 Å². The van der Waals surface area contributed by atoms with E-state index in [-0.39, 0.29) is 5.84 Å². The minimum Gasteiger partial charge on any atom is -0.409 e. The highest BCUT2D eigenvalue weighted by Gasteiger charge is 2.61. The molecule has 0 aliphatic heterocycles. The fourth-order valence-electron chi connectivity index (χ4n) is 1.88. The number of oxime groups is 1. The summed E-state index contributed by atoms with van der Waals surface area (Å²) in [6.45, 7) is 0. The molecule has 3 N–H and O–H groups in total. The first-order valence-corrected chi connectivity index (χ1v) is 6.14. The van der Waals surface area contributed by atoms with E-state index in [4.69, 9.17) is 10.9 Å². The molecular weight excluding hydrogens is 341 g/mol. The number of halogens is 3. The summed E-state index contributed by atoms with van der Waals surface area (Å²) in [6, 6.07) is 6.42. The van der Waals surface area contributed by atoms with E-state index in [0.29, 0.717) is 24.0 Å². The Morgan fingerprint density at radius 2 is 1.88 bits per heavy atom. The molecule has 0 radical (unpaired) electrons. The number of alkyl halides is 3. The van der Waals surface area contributed by atoms with Gasteiger partial charge in [0.15, 0.2) is 5.84 Å². The van der Waals surface area contributed by atoms with E-state index in [0.717, 1.165) is 0 Å². The maximum Gasteiger partial charge on any atom is 0.305 e. The average Bonchev–Trinajstić information content (AvgIpc) is 3.08. The summed E-state index contributed by atoms with van der Waals surface area (Å²) in [4.78, 5) is 0. The Hall–Kier alpha value is -0.920. The monoisotopic (exact) mass is 352 g/mol. The molecule has 0 aromatic heterocycles. The van der Waals surface area contributed by atoms with Gasteiger partial charge in [0.1, 0.15) is 0 Å². The van der Waals surface area contributed by atoms with E-state index in [1.165, 1.54) is 22.6 Å². The van der Waals surface area contributed by atoms with Crippen molar-refractivity contribution in [2.45, 2.75) is 22.2 Å². The van der Waals surface area contributed by atoms with E-state index in [1.807, 2.05) is 0 Å². The third kappa shape index (κ3) is 2.10. The van der Waals surface area contributed by atoms with Gasteiger partial charge in [0.25, 0.3) is 0 Å². The van der Waals surface area contributed by atoms with Crippen molar-refractivity contribution in [2.24, 2.45) is 10.9 Å². The van der Waals surface area contributed by atoms with Crippen molar-refractivity contribution >= 4 is 28.4 Å². The number of nitrogens with zero attached hydrogens (tertiary/aromatic N) is 1. The molecule has 0 bridgehead atoms. The summed E-state index contributed by atoms with van der Waals surface area (Å²) in [5.41, 5.74) is 5.50. The number of hydrogen-bond acceptors (Lipinski definition) is 2. The van der Waals surface area contributed by atoms with Crippen LogP contribution in [-0.4, -0.2) is 15.0 Å². The zero-order valence-corrected chi connectivity index (χ0v) is 11.0. The highest BCUT2D eigenvalue weighted by atomic mass is 127. The van der Waals surface area contributed by atoms with Crippen molar-refractivity contribution in [3.05, 3.63) is 35.4 Å². The fourth-order valence-corrected chi connectivity index (χ4v) is 2.73. The highest BCUT2D eigenvalue weighted by molar-refractivity contribution is 14.1. The van der Waals surface area contributed by atoms with Crippen LogP contribution in [0.15, 0.2) is 29.4 Å². The minimum absolute atomic E-state index is 0.0253. The smallest absolute Gasteiger partial charge is 0.305 e. The summed E-state index contributed by atoms with van der Waals surface area (Å²) in [6.07, 6.45) is 0.984. The number of benzene rings is 1. The van der Waals surface area contributed by atoms with Crippen LogP contribution in [0.25, 0.3) is 0 Å². The maximum absolute atomic E-state index is 13.5. The second-order valence-corrected chi connectivity index (χ2v) is 5.50. The van der Waals surface area contributed by atoms with Gasteiger partial charge in [-0.1, -0.05) is 29.4 Å². The molecule has 0 heterocycles. The quantitative estimate of drug-likeness (QED) is 0.220. The van der Waals surface area contributed by atoms with Gasteiger partial charge in [-0.05, 0) is 41.0 Å². The molecular formula is C11H11F2IN2O. The lowest BCUT2D eigenvalue weighted by atomic mass is 9.95. The summed E-state index contributed by atoms with van der Waals surface area (Å²) >= 11 is 1.19. The van der Waals surface area contributed by atoms with Gasteiger partial charge in [-0.25, -0.2) is 0 Å². The fraction of sp³-hybridized carbons (Fsp3) is 0.364. The molecule has 0 unspecified atom stereocenters. The molecule has 1 aromatic carbocycles. The molecule has 1 fully saturated rings. The number of rotatable bonds is 3. The minimum atomic E-state index is -2.75. The Balaban J connectivity index is 2.31. The summed E-state index contributed by atoms with van der Waals surface area (Å²) < 4.78 is 24.2. The maximum atomic E-state index is 13.5. The predicted octanol–water partition coefficient (Wildman–Crippen LogP) is 2.84. The average molecular weight is 352 g/mol. The molecule has 1 saturated carbocycles. The van der Waals surface area contributed by atoms with Gasteiger partial charge in [0.05, 0.1) is 5.41 Å². The van der Waals surface area contributed by atoms with Crippen molar-refractivity contribution < 1.29 is 14.0 Å². The van der Waals surface area contributed by atoms with E-state index < -0.39 is 9.34 Å². The second-order valence-electron chi connectivity index (χ2n) is 4.14. The first-order valence-electron chi connectivity index (χ1n) is 5.06. The van der Waals surface area contributed by atoms with Gasteiger partial charge in [-0.2, -0.15) is 8.78 Å². The third-order valence-electron chi connectivity index (χ3n) is 3.13. The van der Waals surface area contributed by atoms with Crippen molar-refractivity contribution in [2.75, 3.05) is 0 Å². The first kappa shape index (κ1) is 12.5. The summed E-state index contributed by atoms with van der Waals surface area (Å²) in [7, 11) is 0. The molecule has 0 atom stereocenters. The van der Waals surface area contributed by atoms with Crippen molar-refractivity contribution in [1.82, 2.24) is 0 Å². The molecule has 0 spiro atoms. The van der Waals surface area contributed by atoms with Gasteiger partial charge in [0.2, 0.25) is 0 Å². The van der Waals surface area contributed by atoms with Crippen molar-refractivity contribution in [3.8, 4) is 0 Å². The van der Waals surface area contributed by atoms with Gasteiger partial charge >= 0.3 is 3.93 Å². The number of hydrogen-bond donors (Lipinski definition) is 2. The second kappa shape index (κ2) is 4.08. The molecule has 0 saturated heterocycles.